The van der Waals surface area contributed by atoms with Gasteiger partial charge in [0.1, 0.15) is 0 Å². The molecule has 150 valence electrons. The second-order valence-electron chi connectivity index (χ2n) is 7.05. The molecule has 7 heteroatoms. The number of anilines is 2. The van der Waals surface area contributed by atoms with Crippen molar-refractivity contribution in [1.82, 2.24) is 0 Å². The number of esters is 1. The number of para-hydroxylation sites is 2. The number of rotatable bonds is 5. The van der Waals surface area contributed by atoms with Crippen LogP contribution in [0.25, 0.3) is 0 Å². The number of carbonyl (C=O) groups is 3. The number of ether oxygens (including phenoxy) is 1. The van der Waals surface area contributed by atoms with E-state index in [2.05, 4.69) is 0 Å². The van der Waals surface area contributed by atoms with Crippen LogP contribution in [0.4, 0.5) is 11.4 Å². The zero-order valence-corrected chi connectivity index (χ0v) is 17.1. The molecule has 6 nitrogen and oxygen atoms in total. The summed E-state index contributed by atoms with van der Waals surface area (Å²) in [4.78, 5) is 41.6. The first kappa shape index (κ1) is 19.5. The number of fused-ring (bicyclic) bond motifs is 3. The highest BCUT2D eigenvalue weighted by Gasteiger charge is 2.59. The Bertz CT molecular complexity index is 964. The fourth-order valence-corrected chi connectivity index (χ4v) is 5.27. The number of likely N-dealkylation sites (N-methyl/N-ethyl adjacent to an activating group) is 1. The predicted octanol–water partition coefficient (Wildman–Crippen LogP) is 3.60. The van der Waals surface area contributed by atoms with Gasteiger partial charge in [-0.3, -0.25) is 14.5 Å². The summed E-state index contributed by atoms with van der Waals surface area (Å²) in [5, 5.41) is 0. The Hall–Kier alpha value is -2.80. The highest BCUT2D eigenvalue weighted by molar-refractivity contribution is 8.02. The van der Waals surface area contributed by atoms with Gasteiger partial charge in [0.25, 0.3) is 5.91 Å². The van der Waals surface area contributed by atoms with Crippen molar-refractivity contribution in [3.63, 3.8) is 0 Å². The largest absolute Gasteiger partial charge is 0.450 e. The van der Waals surface area contributed by atoms with E-state index in [1.807, 2.05) is 61.5 Å². The van der Waals surface area contributed by atoms with Crippen molar-refractivity contribution in [2.45, 2.75) is 42.6 Å². The van der Waals surface area contributed by atoms with Crippen LogP contribution in [0.5, 0.6) is 0 Å². The molecule has 0 radical (unpaired) electrons. The maximum absolute atomic E-state index is 13.2. The third-order valence-corrected chi connectivity index (χ3v) is 6.73. The molecule has 2 aromatic carbocycles. The van der Waals surface area contributed by atoms with Crippen LogP contribution >= 0.6 is 11.8 Å². The van der Waals surface area contributed by atoms with Gasteiger partial charge >= 0.3 is 5.97 Å². The lowest BCUT2D eigenvalue weighted by Crippen LogP contribution is -2.50. The van der Waals surface area contributed by atoms with Crippen LogP contribution in [0.1, 0.15) is 26.7 Å². The molecule has 4 rings (SSSR count). The minimum atomic E-state index is -1.13. The van der Waals surface area contributed by atoms with E-state index in [9.17, 15) is 14.4 Å². The van der Waals surface area contributed by atoms with Crippen molar-refractivity contribution in [2.24, 2.45) is 0 Å². The third kappa shape index (κ3) is 3.19. The van der Waals surface area contributed by atoms with Gasteiger partial charge in [-0.15, -0.1) is 0 Å². The van der Waals surface area contributed by atoms with Crippen molar-refractivity contribution in [3.05, 3.63) is 54.6 Å². The maximum Gasteiger partial charge on any atom is 0.344 e. The smallest absolute Gasteiger partial charge is 0.344 e. The lowest BCUT2D eigenvalue weighted by Gasteiger charge is -2.31. The summed E-state index contributed by atoms with van der Waals surface area (Å²) in [6, 6.07) is 16.7. The average Bonchev–Trinajstić information content (AvgIpc) is 3.25. The van der Waals surface area contributed by atoms with Crippen LogP contribution in [0, 0.1) is 0 Å². The first-order chi connectivity index (χ1) is 14.0. The Kier molecular flexibility index (Phi) is 5.08. The SMILES string of the molecule is CCN(C(=O)[C@H](C)OC(=O)[C@]12CCC(=O)N1c1ccccc1S2)c1ccccc1. The number of hydrogen-bond acceptors (Lipinski definition) is 5. The van der Waals surface area contributed by atoms with E-state index in [1.165, 1.54) is 11.8 Å². The average molecular weight is 410 g/mol. The van der Waals surface area contributed by atoms with E-state index >= 15 is 0 Å². The second-order valence-corrected chi connectivity index (χ2v) is 8.37. The van der Waals surface area contributed by atoms with Crippen LogP contribution < -0.4 is 9.80 Å². The zero-order chi connectivity index (χ0) is 20.6. The molecule has 0 N–H and O–H groups in total. The molecule has 0 unspecified atom stereocenters. The molecule has 1 saturated heterocycles. The monoisotopic (exact) mass is 410 g/mol. The number of carbonyl (C=O) groups excluding carboxylic acids is 3. The fourth-order valence-electron chi connectivity index (χ4n) is 3.87. The van der Waals surface area contributed by atoms with Gasteiger partial charge in [0.05, 0.1) is 5.69 Å². The normalized spacial score (nSPS) is 20.8. The standard InChI is InChI=1S/C22H22N2O4S/c1-3-23(16-9-5-4-6-10-16)20(26)15(2)28-21(27)22-14-13-19(25)24(22)17-11-7-8-12-18(17)29-22/h4-12,15H,3,13-14H2,1-2H3/t15-,22+/m0/s1. The number of amides is 2. The van der Waals surface area contributed by atoms with Crippen LogP contribution in [-0.4, -0.2) is 35.3 Å². The topological polar surface area (TPSA) is 66.9 Å². The Morgan fingerprint density at radius 2 is 1.86 bits per heavy atom. The van der Waals surface area contributed by atoms with Crippen molar-refractivity contribution in [1.29, 1.82) is 0 Å². The van der Waals surface area contributed by atoms with Crippen molar-refractivity contribution < 1.29 is 19.1 Å². The molecule has 1 fully saturated rings. The Morgan fingerprint density at radius 1 is 1.17 bits per heavy atom. The van der Waals surface area contributed by atoms with Gasteiger partial charge in [-0.1, -0.05) is 42.1 Å². The quantitative estimate of drug-likeness (QED) is 0.705. The first-order valence-corrected chi connectivity index (χ1v) is 10.5. The Morgan fingerprint density at radius 3 is 2.59 bits per heavy atom. The molecule has 29 heavy (non-hydrogen) atoms. The first-order valence-electron chi connectivity index (χ1n) is 9.66. The van der Waals surface area contributed by atoms with Gasteiger partial charge in [-0.25, -0.2) is 4.79 Å². The minimum Gasteiger partial charge on any atom is -0.450 e. The van der Waals surface area contributed by atoms with Gasteiger partial charge in [-0.05, 0) is 38.1 Å². The molecule has 0 saturated carbocycles. The summed E-state index contributed by atoms with van der Waals surface area (Å²) < 4.78 is 5.64. The van der Waals surface area contributed by atoms with E-state index in [1.54, 1.807) is 16.7 Å². The number of thioether (sulfide) groups is 1. The Labute approximate surface area is 173 Å². The molecule has 2 amide bonds. The molecular weight excluding hydrogens is 388 g/mol. The fraction of sp³-hybridized carbons (Fsp3) is 0.318. The van der Waals surface area contributed by atoms with Crippen LogP contribution in [-0.2, 0) is 19.1 Å². The lowest BCUT2D eigenvalue weighted by molar-refractivity contribution is -0.156. The van der Waals surface area contributed by atoms with Crippen LogP contribution in [0.15, 0.2) is 59.5 Å². The predicted molar refractivity (Wildman–Crippen MR) is 112 cm³/mol. The molecule has 2 aliphatic heterocycles. The number of hydrogen-bond donors (Lipinski definition) is 0. The number of nitrogens with zero attached hydrogens (tertiary/aromatic N) is 2. The zero-order valence-electron chi connectivity index (χ0n) is 16.3. The molecule has 2 aromatic rings. The molecule has 2 aliphatic rings. The summed E-state index contributed by atoms with van der Waals surface area (Å²) in [5.41, 5.74) is 1.48. The third-order valence-electron chi connectivity index (χ3n) is 5.27. The summed E-state index contributed by atoms with van der Waals surface area (Å²) >= 11 is 1.34. The van der Waals surface area contributed by atoms with E-state index in [0.29, 0.717) is 13.0 Å². The molecule has 2 heterocycles. The molecule has 0 aromatic heterocycles. The molecule has 0 bridgehead atoms. The van der Waals surface area contributed by atoms with Gasteiger partial charge in [0.2, 0.25) is 5.91 Å². The lowest BCUT2D eigenvalue weighted by atomic mass is 10.2. The molecular formula is C22H22N2O4S. The molecule has 0 aliphatic carbocycles. The van der Waals surface area contributed by atoms with Gasteiger partial charge in [-0.2, -0.15) is 0 Å². The van der Waals surface area contributed by atoms with E-state index in [0.717, 1.165) is 16.3 Å². The van der Waals surface area contributed by atoms with Gasteiger partial charge in [0, 0.05) is 30.0 Å². The molecule has 0 spiro atoms. The van der Waals surface area contributed by atoms with E-state index in [4.69, 9.17) is 4.74 Å². The second kappa shape index (κ2) is 7.55. The van der Waals surface area contributed by atoms with E-state index < -0.39 is 16.9 Å². The summed E-state index contributed by atoms with van der Waals surface area (Å²) in [6.07, 6.45) is -0.316. The van der Waals surface area contributed by atoms with Gasteiger partial charge in [0.15, 0.2) is 11.0 Å². The number of benzene rings is 2. The minimum absolute atomic E-state index is 0.0992. The van der Waals surface area contributed by atoms with Crippen LogP contribution in [0.2, 0.25) is 0 Å². The van der Waals surface area contributed by atoms with Crippen LogP contribution in [0.3, 0.4) is 0 Å². The maximum atomic E-state index is 13.2. The highest BCUT2D eigenvalue weighted by Crippen LogP contribution is 2.56. The van der Waals surface area contributed by atoms with Crippen molar-refractivity contribution >= 4 is 40.9 Å². The van der Waals surface area contributed by atoms with Crippen molar-refractivity contribution in [2.75, 3.05) is 16.3 Å². The van der Waals surface area contributed by atoms with Gasteiger partial charge < -0.3 is 9.64 Å². The molecule has 2 atom stereocenters. The summed E-state index contributed by atoms with van der Waals surface area (Å²) in [6.45, 7) is 3.91. The summed E-state index contributed by atoms with van der Waals surface area (Å²) in [7, 11) is 0. The van der Waals surface area contributed by atoms with Crippen molar-refractivity contribution in [3.8, 4) is 0 Å². The van der Waals surface area contributed by atoms with E-state index in [-0.39, 0.29) is 18.2 Å². The Balaban J connectivity index is 1.55. The summed E-state index contributed by atoms with van der Waals surface area (Å²) in [5.74, 6) is -0.938. The highest BCUT2D eigenvalue weighted by atomic mass is 32.2.